The van der Waals surface area contributed by atoms with Gasteiger partial charge in [0.05, 0.1) is 3.57 Å². The maximum absolute atomic E-state index is 13.9. The highest BCUT2D eigenvalue weighted by Crippen LogP contribution is 2.25. The van der Waals surface area contributed by atoms with Crippen LogP contribution in [0.2, 0.25) is 10.3 Å². The van der Waals surface area contributed by atoms with Gasteiger partial charge >= 0.3 is 0 Å². The molecule has 126 valence electrons. The fraction of sp³-hybridized carbons (Fsp3) is 0.0714. The van der Waals surface area contributed by atoms with Crippen molar-refractivity contribution in [2.45, 2.75) is 0 Å². The molecule has 0 aliphatic heterocycles. The van der Waals surface area contributed by atoms with Gasteiger partial charge in [0, 0.05) is 5.56 Å². The smallest absolute Gasteiger partial charge is 0.257 e. The highest BCUT2D eigenvalue weighted by Gasteiger charge is 2.14. The van der Waals surface area contributed by atoms with E-state index in [-0.39, 0.29) is 30.3 Å². The molecule has 2 aromatic rings. The van der Waals surface area contributed by atoms with Crippen molar-refractivity contribution < 1.29 is 13.6 Å². The summed E-state index contributed by atoms with van der Waals surface area (Å²) in [6.45, 7) is 0. The average Bonchev–Trinajstić information content (AvgIpc) is 2.53. The lowest BCUT2D eigenvalue weighted by Gasteiger charge is -2.08. The zero-order valence-electron chi connectivity index (χ0n) is 11.9. The molecule has 1 N–H and O–H groups in total. The number of benzene rings is 1. The molecule has 0 bridgehead atoms. The molecule has 1 heterocycles. The number of aromatic nitrogens is 1. The molecular weight excluding hydrogens is 494 g/mol. The predicted octanol–water partition coefficient (Wildman–Crippen LogP) is 5.05. The minimum absolute atomic E-state index is 0.0565. The third kappa shape index (κ3) is 4.78. The van der Waals surface area contributed by atoms with Crippen molar-refractivity contribution in [1.82, 2.24) is 10.3 Å². The molecule has 0 atom stereocenters. The van der Waals surface area contributed by atoms with Crippen LogP contribution in [0.25, 0.3) is 0 Å². The molecule has 0 aliphatic carbocycles. The van der Waals surface area contributed by atoms with Crippen LogP contribution in [-0.2, 0) is 0 Å². The number of halogens is 5. The normalized spacial score (nSPS) is 11.5. The van der Waals surface area contributed by atoms with Crippen molar-refractivity contribution in [2.24, 2.45) is 4.99 Å². The topological polar surface area (TPSA) is 54.4 Å². The Morgan fingerprint density at radius 2 is 1.88 bits per heavy atom. The fourth-order valence-electron chi connectivity index (χ4n) is 1.60. The van der Waals surface area contributed by atoms with Crippen LogP contribution in [0, 0.1) is 15.2 Å². The van der Waals surface area contributed by atoms with E-state index in [0.29, 0.717) is 0 Å². The molecule has 0 saturated carbocycles. The summed E-state index contributed by atoms with van der Waals surface area (Å²) in [7, 11) is 0. The second-order valence-corrected chi connectivity index (χ2v) is 7.00. The Bertz CT molecular complexity index is 816. The number of hydrogen-bond donors (Lipinski definition) is 1. The minimum Gasteiger partial charge on any atom is -0.301 e. The lowest BCUT2D eigenvalue weighted by Crippen LogP contribution is -2.28. The van der Waals surface area contributed by atoms with E-state index in [4.69, 9.17) is 23.2 Å². The first kappa shape index (κ1) is 19.4. The predicted molar refractivity (Wildman–Crippen MR) is 101 cm³/mol. The number of carbonyl (C=O) groups excluding carboxylic acids is 1. The van der Waals surface area contributed by atoms with Crippen LogP contribution in [0.5, 0.6) is 0 Å². The molecule has 0 aliphatic rings. The number of amides is 1. The molecule has 1 amide bonds. The van der Waals surface area contributed by atoms with E-state index >= 15 is 0 Å². The standard InChI is InChI=1S/C14H8Cl2F2IN3OS/c1-24-14(20-8-3-2-7(19)11(17)12(8)18)22-13(23)6-4-9(15)21-10(16)5-6/h2-5H,1H3,(H,20,22,23). The van der Waals surface area contributed by atoms with Gasteiger partial charge in [0.15, 0.2) is 16.8 Å². The van der Waals surface area contributed by atoms with Crippen LogP contribution in [0.1, 0.15) is 10.4 Å². The summed E-state index contributed by atoms with van der Waals surface area (Å²) in [5.41, 5.74) is -0.0561. The Balaban J connectivity index is 2.29. The average molecular weight is 502 g/mol. The summed E-state index contributed by atoms with van der Waals surface area (Å²) in [6, 6.07) is 5.36. The van der Waals surface area contributed by atoms with Gasteiger partial charge in [-0.2, -0.15) is 0 Å². The monoisotopic (exact) mass is 501 g/mol. The Kier molecular flexibility index (Phi) is 6.79. The van der Waals surface area contributed by atoms with Gasteiger partial charge in [0.25, 0.3) is 5.91 Å². The van der Waals surface area contributed by atoms with Crippen LogP contribution in [0.15, 0.2) is 29.3 Å². The molecule has 0 spiro atoms. The van der Waals surface area contributed by atoms with Gasteiger partial charge in [0.2, 0.25) is 0 Å². The number of nitrogens with zero attached hydrogens (tertiary/aromatic N) is 2. The van der Waals surface area contributed by atoms with E-state index in [2.05, 4.69) is 15.3 Å². The van der Waals surface area contributed by atoms with E-state index in [1.54, 1.807) is 28.8 Å². The number of hydrogen-bond acceptors (Lipinski definition) is 4. The highest BCUT2D eigenvalue weighted by atomic mass is 127. The molecule has 1 aromatic heterocycles. The molecule has 1 aromatic carbocycles. The molecular formula is C14H8Cl2F2IN3OS. The Morgan fingerprint density at radius 3 is 2.46 bits per heavy atom. The van der Waals surface area contributed by atoms with Crippen molar-refractivity contribution in [1.29, 1.82) is 0 Å². The molecule has 0 unspecified atom stereocenters. The summed E-state index contributed by atoms with van der Waals surface area (Å²) in [6.07, 6.45) is 1.63. The van der Waals surface area contributed by atoms with Crippen molar-refractivity contribution in [3.05, 3.63) is 55.3 Å². The van der Waals surface area contributed by atoms with Gasteiger partial charge in [-0.25, -0.2) is 18.8 Å². The minimum atomic E-state index is -1.09. The maximum atomic E-state index is 13.9. The number of pyridine rings is 1. The third-order valence-corrected chi connectivity index (χ3v) is 4.48. The number of thioether (sulfide) groups is 1. The van der Waals surface area contributed by atoms with Crippen LogP contribution in [-0.4, -0.2) is 22.3 Å². The van der Waals surface area contributed by atoms with Crippen LogP contribution in [0.3, 0.4) is 0 Å². The molecule has 0 radical (unpaired) electrons. The second kappa shape index (κ2) is 8.41. The van der Waals surface area contributed by atoms with Crippen LogP contribution in [0.4, 0.5) is 14.5 Å². The summed E-state index contributed by atoms with van der Waals surface area (Å²) in [4.78, 5) is 19.9. The molecule has 0 saturated heterocycles. The number of aliphatic imine (C=N–C) groups is 1. The number of rotatable bonds is 2. The summed E-state index contributed by atoms with van der Waals surface area (Å²) in [5, 5.41) is 2.68. The van der Waals surface area contributed by atoms with Crippen LogP contribution >= 0.6 is 57.6 Å². The SMILES string of the molecule is CSC(=Nc1ccc(I)c(F)c1F)NC(=O)c1cc(Cl)nc(Cl)c1. The molecule has 4 nitrogen and oxygen atoms in total. The van der Waals surface area contributed by atoms with Gasteiger partial charge < -0.3 is 5.32 Å². The van der Waals surface area contributed by atoms with Gasteiger partial charge in [-0.15, -0.1) is 0 Å². The fourth-order valence-corrected chi connectivity index (χ4v) is 2.86. The first-order valence-electron chi connectivity index (χ1n) is 6.22. The third-order valence-electron chi connectivity index (χ3n) is 2.68. The first-order valence-corrected chi connectivity index (χ1v) is 9.28. The van der Waals surface area contributed by atoms with E-state index in [1.165, 1.54) is 24.3 Å². The zero-order chi connectivity index (χ0) is 17.9. The van der Waals surface area contributed by atoms with Gasteiger partial charge in [0.1, 0.15) is 16.0 Å². The molecule has 10 heteroatoms. The Morgan fingerprint density at radius 1 is 1.25 bits per heavy atom. The number of carbonyl (C=O) groups is 1. The lowest BCUT2D eigenvalue weighted by atomic mass is 10.2. The molecule has 0 fully saturated rings. The second-order valence-electron chi connectivity index (χ2n) is 4.27. The number of amidine groups is 1. The van der Waals surface area contributed by atoms with Crippen LogP contribution < -0.4 is 5.32 Å². The van der Waals surface area contributed by atoms with Crippen molar-refractivity contribution in [2.75, 3.05) is 6.26 Å². The molecule has 2 rings (SSSR count). The van der Waals surface area contributed by atoms with E-state index in [1.807, 2.05) is 0 Å². The summed E-state index contributed by atoms with van der Waals surface area (Å²) >= 11 is 14.2. The van der Waals surface area contributed by atoms with Crippen molar-refractivity contribution in [3.8, 4) is 0 Å². The van der Waals surface area contributed by atoms with E-state index in [9.17, 15) is 13.6 Å². The Hall–Kier alpha value is -0.970. The van der Waals surface area contributed by atoms with E-state index < -0.39 is 17.5 Å². The first-order chi connectivity index (χ1) is 11.3. The van der Waals surface area contributed by atoms with Gasteiger partial charge in [-0.05, 0) is 53.1 Å². The van der Waals surface area contributed by atoms with Gasteiger partial charge in [-0.3, -0.25) is 4.79 Å². The lowest BCUT2D eigenvalue weighted by molar-refractivity contribution is 0.0978. The van der Waals surface area contributed by atoms with Crippen molar-refractivity contribution in [3.63, 3.8) is 0 Å². The van der Waals surface area contributed by atoms with E-state index in [0.717, 1.165) is 11.8 Å². The number of nitrogens with one attached hydrogen (secondary N) is 1. The largest absolute Gasteiger partial charge is 0.301 e. The zero-order valence-corrected chi connectivity index (χ0v) is 16.4. The summed E-state index contributed by atoms with van der Waals surface area (Å²) < 4.78 is 27.6. The Labute approximate surface area is 164 Å². The molecule has 24 heavy (non-hydrogen) atoms. The van der Waals surface area contributed by atoms with Crippen molar-refractivity contribution >= 4 is 74.3 Å². The van der Waals surface area contributed by atoms with Gasteiger partial charge in [-0.1, -0.05) is 35.0 Å². The quantitative estimate of drug-likeness (QED) is 0.206. The maximum Gasteiger partial charge on any atom is 0.257 e. The summed E-state index contributed by atoms with van der Waals surface area (Å²) in [5.74, 6) is -2.63. The highest BCUT2D eigenvalue weighted by molar-refractivity contribution is 14.1.